The smallest absolute Gasteiger partial charge is 0.430 e. The van der Waals surface area contributed by atoms with Crippen LogP contribution in [0.25, 0.3) is 0 Å². The third-order valence-corrected chi connectivity index (χ3v) is 1.36. The van der Waals surface area contributed by atoms with E-state index in [4.69, 9.17) is 4.74 Å². The minimum absolute atomic E-state index is 0.384. The summed E-state index contributed by atoms with van der Waals surface area (Å²) in [5, 5.41) is 5.50. The van der Waals surface area contributed by atoms with Gasteiger partial charge in [0.2, 0.25) is 0 Å². The molecule has 0 aromatic rings. The number of carbonyl (C=O) groups is 1. The molecule has 15 heavy (non-hydrogen) atoms. The molecule has 0 aromatic heterocycles. The van der Waals surface area contributed by atoms with Gasteiger partial charge in [-0.25, -0.2) is 4.79 Å². The molecule has 0 atom stereocenters. The van der Waals surface area contributed by atoms with Crippen LogP contribution in [-0.2, 0) is 4.74 Å². The SMILES string of the molecule is CCCN(N=C(C)C)C(=O)OC(C)(C)C. The van der Waals surface area contributed by atoms with Crippen molar-refractivity contribution in [2.75, 3.05) is 6.54 Å². The van der Waals surface area contributed by atoms with Gasteiger partial charge in [-0.1, -0.05) is 6.92 Å². The lowest BCUT2D eigenvalue weighted by Crippen LogP contribution is -2.34. The van der Waals surface area contributed by atoms with Crippen LogP contribution in [0.4, 0.5) is 4.79 Å². The standard InChI is InChI=1S/C11H22N2O2/c1-7-8-13(12-9(2)3)10(14)15-11(4,5)6/h7-8H2,1-6H3. The molecule has 1 amide bonds. The van der Waals surface area contributed by atoms with Gasteiger partial charge in [0, 0.05) is 12.3 Å². The van der Waals surface area contributed by atoms with Gasteiger partial charge in [-0.2, -0.15) is 10.1 Å². The van der Waals surface area contributed by atoms with E-state index in [1.807, 2.05) is 41.5 Å². The molecular weight excluding hydrogens is 192 g/mol. The number of hydrogen-bond acceptors (Lipinski definition) is 3. The number of carbonyl (C=O) groups excluding carboxylic acids is 1. The number of amides is 1. The van der Waals surface area contributed by atoms with Crippen LogP contribution in [0.1, 0.15) is 48.0 Å². The zero-order valence-corrected chi connectivity index (χ0v) is 10.6. The van der Waals surface area contributed by atoms with E-state index in [1.165, 1.54) is 5.01 Å². The molecule has 88 valence electrons. The largest absolute Gasteiger partial charge is 0.442 e. The molecule has 0 heterocycles. The van der Waals surface area contributed by atoms with Crippen LogP contribution in [0.2, 0.25) is 0 Å². The van der Waals surface area contributed by atoms with Gasteiger partial charge in [-0.15, -0.1) is 0 Å². The van der Waals surface area contributed by atoms with Gasteiger partial charge >= 0.3 is 6.09 Å². The summed E-state index contributed by atoms with van der Waals surface area (Å²) in [6, 6.07) is 0. The van der Waals surface area contributed by atoms with Crippen LogP contribution < -0.4 is 0 Å². The van der Waals surface area contributed by atoms with E-state index >= 15 is 0 Å². The predicted molar refractivity (Wildman–Crippen MR) is 62.0 cm³/mol. The molecule has 0 N–H and O–H groups in total. The van der Waals surface area contributed by atoms with Gasteiger partial charge in [0.1, 0.15) is 5.60 Å². The molecule has 0 aliphatic rings. The maximum absolute atomic E-state index is 11.7. The topological polar surface area (TPSA) is 41.9 Å². The summed E-state index contributed by atoms with van der Waals surface area (Å²) in [5.41, 5.74) is 0.370. The Morgan fingerprint density at radius 3 is 2.20 bits per heavy atom. The van der Waals surface area contributed by atoms with Gasteiger partial charge in [0.15, 0.2) is 0 Å². The van der Waals surface area contributed by atoms with E-state index in [0.717, 1.165) is 12.1 Å². The van der Waals surface area contributed by atoms with Crippen LogP contribution in [0.5, 0.6) is 0 Å². The molecule has 4 nitrogen and oxygen atoms in total. The molecule has 0 rings (SSSR count). The van der Waals surface area contributed by atoms with Gasteiger partial charge in [-0.3, -0.25) is 0 Å². The Hall–Kier alpha value is -1.06. The number of ether oxygens (including phenoxy) is 1. The fraction of sp³-hybridized carbons (Fsp3) is 0.818. The van der Waals surface area contributed by atoms with Crippen molar-refractivity contribution in [1.82, 2.24) is 5.01 Å². The lowest BCUT2D eigenvalue weighted by Gasteiger charge is -2.24. The summed E-state index contributed by atoms with van der Waals surface area (Å²) in [6.07, 6.45) is 0.473. The molecule has 0 aromatic carbocycles. The predicted octanol–water partition coefficient (Wildman–Crippen LogP) is 3.03. The summed E-state index contributed by atoms with van der Waals surface area (Å²) in [6.45, 7) is 11.8. The Morgan fingerprint density at radius 1 is 1.33 bits per heavy atom. The van der Waals surface area contributed by atoms with Gasteiger partial charge in [-0.05, 0) is 41.0 Å². The first kappa shape index (κ1) is 13.9. The van der Waals surface area contributed by atoms with Crippen LogP contribution in [0.15, 0.2) is 5.10 Å². The van der Waals surface area contributed by atoms with Crippen molar-refractivity contribution in [2.45, 2.75) is 53.6 Å². The second-order valence-electron chi connectivity index (χ2n) is 4.65. The monoisotopic (exact) mass is 214 g/mol. The molecule has 0 fully saturated rings. The highest BCUT2D eigenvalue weighted by Crippen LogP contribution is 2.10. The third kappa shape index (κ3) is 6.94. The van der Waals surface area contributed by atoms with Crippen molar-refractivity contribution in [1.29, 1.82) is 0 Å². The van der Waals surface area contributed by atoms with Gasteiger partial charge in [0.05, 0.1) is 0 Å². The molecule has 0 aliphatic heterocycles. The normalized spacial score (nSPS) is 10.8. The molecule has 4 heteroatoms. The molecule has 0 unspecified atom stereocenters. The Bertz CT molecular complexity index is 237. The van der Waals surface area contributed by atoms with E-state index in [0.29, 0.717) is 6.54 Å². The van der Waals surface area contributed by atoms with Gasteiger partial charge < -0.3 is 4.74 Å². The maximum atomic E-state index is 11.7. The Kier molecular flexibility index (Phi) is 5.33. The summed E-state index contributed by atoms with van der Waals surface area (Å²) in [4.78, 5) is 11.7. The summed E-state index contributed by atoms with van der Waals surface area (Å²) in [7, 11) is 0. The molecular formula is C11H22N2O2. The molecule has 0 spiro atoms. The second-order valence-corrected chi connectivity index (χ2v) is 4.65. The van der Waals surface area contributed by atoms with Crippen molar-refractivity contribution in [2.24, 2.45) is 5.10 Å². The van der Waals surface area contributed by atoms with E-state index in [1.54, 1.807) is 0 Å². The van der Waals surface area contributed by atoms with Crippen LogP contribution in [0.3, 0.4) is 0 Å². The maximum Gasteiger partial charge on any atom is 0.430 e. The number of nitrogens with zero attached hydrogens (tertiary/aromatic N) is 2. The van der Waals surface area contributed by atoms with Crippen molar-refractivity contribution in [3.05, 3.63) is 0 Å². The fourth-order valence-electron chi connectivity index (χ4n) is 0.950. The summed E-state index contributed by atoms with van der Waals surface area (Å²) in [5.74, 6) is 0. The van der Waals surface area contributed by atoms with E-state index in [9.17, 15) is 4.79 Å². The molecule has 0 bridgehead atoms. The first-order valence-corrected chi connectivity index (χ1v) is 5.28. The van der Waals surface area contributed by atoms with Crippen LogP contribution in [0, 0.1) is 0 Å². The third-order valence-electron chi connectivity index (χ3n) is 1.36. The first-order chi connectivity index (χ1) is 6.76. The quantitative estimate of drug-likeness (QED) is 0.535. The minimum Gasteiger partial charge on any atom is -0.442 e. The fourth-order valence-corrected chi connectivity index (χ4v) is 0.950. The van der Waals surface area contributed by atoms with Crippen molar-refractivity contribution in [3.8, 4) is 0 Å². The molecule has 0 radical (unpaired) electrons. The minimum atomic E-state index is -0.472. The highest BCUT2D eigenvalue weighted by atomic mass is 16.6. The van der Waals surface area contributed by atoms with Crippen molar-refractivity contribution in [3.63, 3.8) is 0 Å². The summed E-state index contributed by atoms with van der Waals surface area (Å²) >= 11 is 0. The second kappa shape index (κ2) is 5.73. The zero-order chi connectivity index (χ0) is 12.1. The molecule has 0 saturated heterocycles. The molecule has 0 saturated carbocycles. The first-order valence-electron chi connectivity index (χ1n) is 5.28. The Balaban J connectivity index is 4.50. The van der Waals surface area contributed by atoms with Crippen LogP contribution in [-0.4, -0.2) is 29.0 Å². The van der Waals surface area contributed by atoms with Crippen molar-refractivity contribution < 1.29 is 9.53 Å². The van der Waals surface area contributed by atoms with E-state index in [2.05, 4.69) is 5.10 Å². The van der Waals surface area contributed by atoms with E-state index < -0.39 is 5.60 Å². The van der Waals surface area contributed by atoms with Gasteiger partial charge in [0.25, 0.3) is 0 Å². The highest BCUT2D eigenvalue weighted by Gasteiger charge is 2.21. The molecule has 0 aliphatic carbocycles. The Labute approximate surface area is 92.3 Å². The average Bonchev–Trinajstić information content (AvgIpc) is 1.99. The summed E-state index contributed by atoms with van der Waals surface area (Å²) < 4.78 is 5.23. The average molecular weight is 214 g/mol. The van der Waals surface area contributed by atoms with E-state index in [-0.39, 0.29) is 6.09 Å². The number of hydrazone groups is 1. The Morgan fingerprint density at radius 2 is 1.87 bits per heavy atom. The van der Waals surface area contributed by atoms with Crippen molar-refractivity contribution >= 4 is 11.8 Å². The van der Waals surface area contributed by atoms with Crippen LogP contribution >= 0.6 is 0 Å². The lowest BCUT2D eigenvalue weighted by molar-refractivity contribution is 0.0254. The zero-order valence-electron chi connectivity index (χ0n) is 10.6. The highest BCUT2D eigenvalue weighted by molar-refractivity contribution is 5.80. The number of hydrogen-bond donors (Lipinski definition) is 0. The number of rotatable bonds is 3. The lowest BCUT2D eigenvalue weighted by atomic mass is 10.2.